The van der Waals surface area contributed by atoms with Crippen LogP contribution in [0.1, 0.15) is 26.7 Å². The van der Waals surface area contributed by atoms with Gasteiger partial charge in [0.15, 0.2) is 0 Å². The number of allylic oxidation sites excluding steroid dienone is 1. The molecule has 0 radical (unpaired) electrons. The van der Waals surface area contributed by atoms with Crippen molar-refractivity contribution in [3.05, 3.63) is 12.3 Å². The number of hydrogen-bond donors (Lipinski definition) is 0. The predicted molar refractivity (Wildman–Crippen MR) is 49.3 cm³/mol. The van der Waals surface area contributed by atoms with E-state index in [1.165, 1.54) is 19.4 Å². The zero-order valence-electron chi connectivity index (χ0n) is 7.88. The Labute approximate surface area is 70.1 Å². The maximum absolute atomic E-state index is 2.32. The van der Waals surface area contributed by atoms with E-state index in [-0.39, 0.29) is 0 Å². The molecule has 0 saturated carbocycles. The third-order valence-electron chi connectivity index (χ3n) is 2.53. The summed E-state index contributed by atoms with van der Waals surface area (Å²) < 4.78 is 0. The van der Waals surface area contributed by atoms with Gasteiger partial charge in [0.2, 0.25) is 0 Å². The summed E-state index contributed by atoms with van der Waals surface area (Å²) in [7, 11) is 2.16. The zero-order valence-corrected chi connectivity index (χ0v) is 7.88. The molecule has 0 bridgehead atoms. The summed E-state index contributed by atoms with van der Waals surface area (Å²) in [5.74, 6) is 1.72. The van der Waals surface area contributed by atoms with Crippen molar-refractivity contribution < 1.29 is 0 Å². The molecule has 0 aromatic heterocycles. The van der Waals surface area contributed by atoms with Gasteiger partial charge in [0.25, 0.3) is 0 Å². The Hall–Kier alpha value is -0.460. The minimum absolute atomic E-state index is 0.831. The zero-order chi connectivity index (χ0) is 8.27. The Morgan fingerprint density at radius 2 is 2.18 bits per heavy atom. The predicted octanol–water partition coefficient (Wildman–Crippen LogP) is 2.50. The fourth-order valence-electron chi connectivity index (χ4n) is 1.63. The molecule has 0 aromatic rings. The van der Waals surface area contributed by atoms with Crippen LogP contribution in [0.3, 0.4) is 0 Å². The second kappa shape index (κ2) is 3.80. The summed E-state index contributed by atoms with van der Waals surface area (Å²) in [5.41, 5.74) is 0. The molecule has 0 N–H and O–H groups in total. The highest BCUT2D eigenvalue weighted by Gasteiger charge is 2.15. The third-order valence-corrected chi connectivity index (χ3v) is 2.53. The molecule has 1 heterocycles. The van der Waals surface area contributed by atoms with Crippen LogP contribution < -0.4 is 0 Å². The van der Waals surface area contributed by atoms with Crippen LogP contribution in [0.25, 0.3) is 0 Å². The van der Waals surface area contributed by atoms with E-state index in [9.17, 15) is 0 Å². The van der Waals surface area contributed by atoms with Crippen molar-refractivity contribution in [1.82, 2.24) is 4.90 Å². The lowest BCUT2D eigenvalue weighted by Crippen LogP contribution is -2.22. The smallest absolute Gasteiger partial charge is 0.0200 e. The lowest BCUT2D eigenvalue weighted by Gasteiger charge is -2.23. The van der Waals surface area contributed by atoms with Gasteiger partial charge in [0.1, 0.15) is 0 Å². The van der Waals surface area contributed by atoms with Gasteiger partial charge in [0.05, 0.1) is 0 Å². The molecule has 0 amide bonds. The Bertz CT molecular complexity index is 138. The average molecular weight is 153 g/mol. The summed E-state index contributed by atoms with van der Waals surface area (Å²) in [5, 5.41) is 0. The van der Waals surface area contributed by atoms with Gasteiger partial charge in [0, 0.05) is 13.6 Å². The highest BCUT2D eigenvalue weighted by Crippen LogP contribution is 2.20. The van der Waals surface area contributed by atoms with E-state index in [1.807, 2.05) is 0 Å². The Morgan fingerprint density at radius 1 is 1.45 bits per heavy atom. The standard InChI is InChI=1S/C10H19N/c1-9(2)10-6-4-5-7-11(3)8-10/h5,7,9-10H,4,6,8H2,1-3H3. The van der Waals surface area contributed by atoms with Crippen LogP contribution in [0.4, 0.5) is 0 Å². The van der Waals surface area contributed by atoms with Crippen LogP contribution in [0.2, 0.25) is 0 Å². The van der Waals surface area contributed by atoms with E-state index in [4.69, 9.17) is 0 Å². The Balaban J connectivity index is 2.45. The van der Waals surface area contributed by atoms with Crippen LogP contribution in [-0.4, -0.2) is 18.5 Å². The molecule has 0 aliphatic carbocycles. The molecular formula is C10H19N. The van der Waals surface area contributed by atoms with Crippen LogP contribution in [-0.2, 0) is 0 Å². The Kier molecular flexibility index (Phi) is 2.98. The molecule has 1 heteroatoms. The molecule has 1 rings (SSSR count). The van der Waals surface area contributed by atoms with Gasteiger partial charge in [-0.05, 0) is 30.9 Å². The van der Waals surface area contributed by atoms with E-state index in [1.54, 1.807) is 0 Å². The highest BCUT2D eigenvalue weighted by atomic mass is 15.1. The van der Waals surface area contributed by atoms with Crippen LogP contribution >= 0.6 is 0 Å². The van der Waals surface area contributed by atoms with Crippen molar-refractivity contribution in [3.8, 4) is 0 Å². The molecule has 0 fully saturated rings. The molecule has 0 aromatic carbocycles. The van der Waals surface area contributed by atoms with Crippen LogP contribution in [0.15, 0.2) is 12.3 Å². The Morgan fingerprint density at radius 3 is 2.82 bits per heavy atom. The summed E-state index contributed by atoms with van der Waals surface area (Å²) in [6, 6.07) is 0. The lowest BCUT2D eigenvalue weighted by molar-refractivity contribution is 0.285. The van der Waals surface area contributed by atoms with Crippen molar-refractivity contribution in [2.45, 2.75) is 26.7 Å². The second-order valence-corrected chi connectivity index (χ2v) is 3.91. The maximum atomic E-state index is 2.32. The minimum Gasteiger partial charge on any atom is -0.380 e. The molecule has 11 heavy (non-hydrogen) atoms. The molecule has 1 atom stereocenters. The molecular weight excluding hydrogens is 134 g/mol. The SMILES string of the molecule is CC(C)C1CCC=CN(C)C1. The quantitative estimate of drug-likeness (QED) is 0.559. The number of nitrogens with zero attached hydrogens (tertiary/aromatic N) is 1. The van der Waals surface area contributed by atoms with E-state index in [2.05, 4.69) is 38.1 Å². The van der Waals surface area contributed by atoms with Gasteiger partial charge in [-0.2, -0.15) is 0 Å². The van der Waals surface area contributed by atoms with E-state index >= 15 is 0 Å². The van der Waals surface area contributed by atoms with Crippen LogP contribution in [0, 0.1) is 11.8 Å². The van der Waals surface area contributed by atoms with Crippen molar-refractivity contribution in [2.24, 2.45) is 11.8 Å². The first-order chi connectivity index (χ1) is 5.20. The van der Waals surface area contributed by atoms with Crippen molar-refractivity contribution >= 4 is 0 Å². The summed E-state index contributed by atoms with van der Waals surface area (Å²) >= 11 is 0. The van der Waals surface area contributed by atoms with Crippen molar-refractivity contribution in [3.63, 3.8) is 0 Å². The molecule has 1 nitrogen and oxygen atoms in total. The third kappa shape index (κ3) is 2.57. The van der Waals surface area contributed by atoms with Gasteiger partial charge in [-0.25, -0.2) is 0 Å². The molecule has 0 saturated heterocycles. The van der Waals surface area contributed by atoms with E-state index in [0.717, 1.165) is 11.8 Å². The average Bonchev–Trinajstić information content (AvgIpc) is 2.13. The molecule has 1 aliphatic heterocycles. The van der Waals surface area contributed by atoms with Crippen LogP contribution in [0.5, 0.6) is 0 Å². The molecule has 0 spiro atoms. The first-order valence-corrected chi connectivity index (χ1v) is 4.57. The first-order valence-electron chi connectivity index (χ1n) is 4.57. The molecule has 1 unspecified atom stereocenters. The van der Waals surface area contributed by atoms with Crippen molar-refractivity contribution in [2.75, 3.05) is 13.6 Å². The molecule has 1 aliphatic rings. The van der Waals surface area contributed by atoms with Gasteiger partial charge < -0.3 is 4.90 Å². The molecule has 64 valence electrons. The lowest BCUT2D eigenvalue weighted by atomic mass is 9.91. The second-order valence-electron chi connectivity index (χ2n) is 3.91. The van der Waals surface area contributed by atoms with Gasteiger partial charge in [-0.3, -0.25) is 0 Å². The maximum Gasteiger partial charge on any atom is 0.0200 e. The summed E-state index contributed by atoms with van der Waals surface area (Å²) in [6.07, 6.45) is 7.11. The fraction of sp³-hybridized carbons (Fsp3) is 0.800. The summed E-state index contributed by atoms with van der Waals surface area (Å²) in [4.78, 5) is 2.30. The largest absolute Gasteiger partial charge is 0.380 e. The van der Waals surface area contributed by atoms with Gasteiger partial charge >= 0.3 is 0 Å². The number of hydrogen-bond acceptors (Lipinski definition) is 1. The monoisotopic (exact) mass is 153 g/mol. The topological polar surface area (TPSA) is 3.24 Å². The van der Waals surface area contributed by atoms with Crippen molar-refractivity contribution in [1.29, 1.82) is 0 Å². The normalized spacial score (nSPS) is 25.8. The van der Waals surface area contributed by atoms with E-state index < -0.39 is 0 Å². The summed E-state index contributed by atoms with van der Waals surface area (Å²) in [6.45, 7) is 5.88. The van der Waals surface area contributed by atoms with Gasteiger partial charge in [-0.15, -0.1) is 0 Å². The van der Waals surface area contributed by atoms with Gasteiger partial charge in [-0.1, -0.05) is 19.9 Å². The highest BCUT2D eigenvalue weighted by molar-refractivity contribution is 4.87. The first kappa shape index (κ1) is 8.63. The number of rotatable bonds is 1. The fourth-order valence-corrected chi connectivity index (χ4v) is 1.63. The van der Waals surface area contributed by atoms with E-state index in [0.29, 0.717) is 0 Å². The minimum atomic E-state index is 0.831.